The molecule has 108 valence electrons. The first-order valence-corrected chi connectivity index (χ1v) is 6.77. The van der Waals surface area contributed by atoms with E-state index in [0.29, 0.717) is 18.0 Å². The van der Waals surface area contributed by atoms with Crippen LogP contribution in [-0.4, -0.2) is 41.6 Å². The second kappa shape index (κ2) is 6.72. The van der Waals surface area contributed by atoms with Crippen molar-refractivity contribution in [1.82, 2.24) is 4.90 Å². The molecule has 1 amide bonds. The van der Waals surface area contributed by atoms with Crippen LogP contribution in [-0.2, 0) is 20.9 Å². The van der Waals surface area contributed by atoms with Crippen molar-refractivity contribution in [3.8, 4) is 0 Å². The number of benzene rings is 1. The molecule has 0 radical (unpaired) electrons. The van der Waals surface area contributed by atoms with Gasteiger partial charge in [-0.1, -0.05) is 29.8 Å². The van der Waals surface area contributed by atoms with Crippen LogP contribution in [0.5, 0.6) is 0 Å². The van der Waals surface area contributed by atoms with Crippen LogP contribution in [0.2, 0.25) is 5.02 Å². The molecule has 1 saturated heterocycles. The van der Waals surface area contributed by atoms with E-state index in [4.69, 9.17) is 21.4 Å². The molecule has 0 aliphatic carbocycles. The molecule has 0 aromatic heterocycles. The number of carboxylic acid groups (broad SMARTS) is 1. The molecule has 2 rings (SSSR count). The number of hydrogen-bond donors (Lipinski definition) is 1. The van der Waals surface area contributed by atoms with Gasteiger partial charge < -0.3 is 14.7 Å². The number of hydrogen-bond acceptors (Lipinski definition) is 3. The predicted octanol–water partition coefficient (Wildman–Crippen LogP) is 1.79. The zero-order valence-electron chi connectivity index (χ0n) is 10.9. The lowest BCUT2D eigenvalue weighted by atomic mass is 10.1. The lowest BCUT2D eigenvalue weighted by Crippen LogP contribution is -2.32. The Kier molecular flexibility index (Phi) is 4.98. The van der Waals surface area contributed by atoms with E-state index in [1.165, 1.54) is 4.90 Å². The van der Waals surface area contributed by atoms with E-state index in [2.05, 4.69) is 0 Å². The molecule has 1 atom stereocenters. The van der Waals surface area contributed by atoms with E-state index in [-0.39, 0.29) is 25.7 Å². The monoisotopic (exact) mass is 297 g/mol. The summed E-state index contributed by atoms with van der Waals surface area (Å²) in [4.78, 5) is 24.2. The van der Waals surface area contributed by atoms with Crippen LogP contribution in [0.1, 0.15) is 12.0 Å². The second-order valence-electron chi connectivity index (χ2n) is 4.75. The van der Waals surface area contributed by atoms with E-state index in [1.54, 1.807) is 6.07 Å². The summed E-state index contributed by atoms with van der Waals surface area (Å²) in [6.45, 7) is 0.952. The minimum atomic E-state index is -0.850. The third-order valence-corrected chi connectivity index (χ3v) is 3.70. The Balaban J connectivity index is 1.76. The molecule has 1 aliphatic heterocycles. The first-order valence-electron chi connectivity index (χ1n) is 6.39. The molecule has 5 nitrogen and oxygen atoms in total. The molecule has 1 fully saturated rings. The van der Waals surface area contributed by atoms with Crippen LogP contribution in [0.4, 0.5) is 0 Å². The molecule has 1 heterocycles. The van der Waals surface area contributed by atoms with E-state index in [9.17, 15) is 9.59 Å². The zero-order chi connectivity index (χ0) is 14.5. The smallest absolute Gasteiger partial charge is 0.308 e. The predicted molar refractivity (Wildman–Crippen MR) is 73.4 cm³/mol. The zero-order valence-corrected chi connectivity index (χ0v) is 11.7. The number of aliphatic carboxylic acids is 1. The molecule has 0 saturated carbocycles. The topological polar surface area (TPSA) is 66.8 Å². The van der Waals surface area contributed by atoms with Gasteiger partial charge in [-0.25, -0.2) is 0 Å². The number of halogens is 1. The maximum Gasteiger partial charge on any atom is 0.308 e. The Bertz CT molecular complexity index is 506. The fourth-order valence-electron chi connectivity index (χ4n) is 2.14. The summed E-state index contributed by atoms with van der Waals surface area (Å²) in [5.41, 5.74) is 0.826. The Morgan fingerprint density at radius 2 is 2.15 bits per heavy atom. The fraction of sp³-hybridized carbons (Fsp3) is 0.429. The summed E-state index contributed by atoms with van der Waals surface area (Å²) in [7, 11) is 0. The van der Waals surface area contributed by atoms with Gasteiger partial charge in [0.05, 0.1) is 12.5 Å². The van der Waals surface area contributed by atoms with E-state index < -0.39 is 11.9 Å². The normalized spacial score (nSPS) is 18.2. The van der Waals surface area contributed by atoms with Gasteiger partial charge in [-0.15, -0.1) is 0 Å². The van der Waals surface area contributed by atoms with Gasteiger partial charge in [0.2, 0.25) is 5.91 Å². The van der Waals surface area contributed by atoms with E-state index in [1.807, 2.05) is 18.2 Å². The van der Waals surface area contributed by atoms with Gasteiger partial charge in [-0.3, -0.25) is 9.59 Å². The van der Waals surface area contributed by atoms with Crippen LogP contribution in [0.15, 0.2) is 24.3 Å². The molecule has 1 aromatic rings. The van der Waals surface area contributed by atoms with Crippen molar-refractivity contribution in [3.63, 3.8) is 0 Å². The molecular weight excluding hydrogens is 282 g/mol. The third-order valence-electron chi connectivity index (χ3n) is 3.33. The van der Waals surface area contributed by atoms with Crippen molar-refractivity contribution in [2.24, 2.45) is 5.92 Å². The molecule has 1 aromatic carbocycles. The van der Waals surface area contributed by atoms with Crippen molar-refractivity contribution in [3.05, 3.63) is 34.9 Å². The number of ether oxygens (including phenoxy) is 1. The maximum absolute atomic E-state index is 11.9. The average Bonchev–Trinajstić information content (AvgIpc) is 2.91. The fourth-order valence-corrected chi connectivity index (χ4v) is 2.33. The van der Waals surface area contributed by atoms with Gasteiger partial charge in [0.1, 0.15) is 6.61 Å². The molecule has 0 unspecified atom stereocenters. The SMILES string of the molecule is O=C(O)[C@H]1CCN(C(=O)COCc2ccccc2Cl)C1. The average molecular weight is 298 g/mol. The Labute approximate surface area is 122 Å². The largest absolute Gasteiger partial charge is 0.481 e. The minimum Gasteiger partial charge on any atom is -0.481 e. The van der Waals surface area contributed by atoms with Gasteiger partial charge in [-0.05, 0) is 18.1 Å². The number of carboxylic acids is 1. The van der Waals surface area contributed by atoms with Crippen molar-refractivity contribution in [1.29, 1.82) is 0 Å². The van der Waals surface area contributed by atoms with Crippen molar-refractivity contribution >= 4 is 23.5 Å². The number of rotatable bonds is 5. The number of amides is 1. The quantitative estimate of drug-likeness (QED) is 0.900. The molecule has 20 heavy (non-hydrogen) atoms. The summed E-state index contributed by atoms with van der Waals surface area (Å²) in [6, 6.07) is 7.28. The lowest BCUT2D eigenvalue weighted by Gasteiger charge is -2.15. The summed E-state index contributed by atoms with van der Waals surface area (Å²) in [5.74, 6) is -1.49. The van der Waals surface area contributed by atoms with Gasteiger partial charge >= 0.3 is 5.97 Å². The van der Waals surface area contributed by atoms with Crippen LogP contribution in [0.3, 0.4) is 0 Å². The van der Waals surface area contributed by atoms with Gasteiger partial charge in [0, 0.05) is 18.1 Å². The number of carbonyl (C=O) groups excluding carboxylic acids is 1. The summed E-state index contributed by atoms with van der Waals surface area (Å²) >= 11 is 5.98. The van der Waals surface area contributed by atoms with Crippen molar-refractivity contribution < 1.29 is 19.4 Å². The highest BCUT2D eigenvalue weighted by molar-refractivity contribution is 6.31. The van der Waals surface area contributed by atoms with Gasteiger partial charge in [-0.2, -0.15) is 0 Å². The number of nitrogens with zero attached hydrogens (tertiary/aromatic N) is 1. The van der Waals surface area contributed by atoms with Crippen LogP contribution in [0, 0.1) is 5.92 Å². The van der Waals surface area contributed by atoms with Gasteiger partial charge in [0.25, 0.3) is 0 Å². The number of likely N-dealkylation sites (tertiary alicyclic amines) is 1. The first kappa shape index (κ1) is 14.8. The Hall–Kier alpha value is -1.59. The maximum atomic E-state index is 11.9. The molecular formula is C14H16ClNO4. The van der Waals surface area contributed by atoms with Crippen LogP contribution >= 0.6 is 11.6 Å². The lowest BCUT2D eigenvalue weighted by molar-refractivity contribution is -0.141. The van der Waals surface area contributed by atoms with E-state index >= 15 is 0 Å². The molecule has 1 aliphatic rings. The Morgan fingerprint density at radius 3 is 2.80 bits per heavy atom. The molecule has 0 spiro atoms. The highest BCUT2D eigenvalue weighted by Gasteiger charge is 2.30. The summed E-state index contributed by atoms with van der Waals surface area (Å²) in [5, 5.41) is 9.49. The summed E-state index contributed by atoms with van der Waals surface area (Å²) in [6.07, 6.45) is 0.506. The molecule has 0 bridgehead atoms. The van der Waals surface area contributed by atoms with Crippen molar-refractivity contribution in [2.75, 3.05) is 19.7 Å². The summed E-state index contributed by atoms with van der Waals surface area (Å²) < 4.78 is 5.35. The standard InChI is InChI=1S/C14H16ClNO4/c15-12-4-2-1-3-11(12)8-20-9-13(17)16-6-5-10(7-16)14(18)19/h1-4,10H,5-9H2,(H,18,19)/t10-/m0/s1. The molecule has 6 heteroatoms. The van der Waals surface area contributed by atoms with Crippen LogP contribution < -0.4 is 0 Å². The third kappa shape index (κ3) is 3.71. The van der Waals surface area contributed by atoms with Crippen LogP contribution in [0.25, 0.3) is 0 Å². The minimum absolute atomic E-state index is 0.0580. The Morgan fingerprint density at radius 1 is 1.40 bits per heavy atom. The molecule has 1 N–H and O–H groups in total. The van der Waals surface area contributed by atoms with E-state index in [0.717, 1.165) is 5.56 Å². The van der Waals surface area contributed by atoms with Gasteiger partial charge in [0.15, 0.2) is 0 Å². The highest BCUT2D eigenvalue weighted by atomic mass is 35.5. The highest BCUT2D eigenvalue weighted by Crippen LogP contribution is 2.18. The first-order chi connectivity index (χ1) is 9.58. The number of carbonyl (C=O) groups is 2. The second-order valence-corrected chi connectivity index (χ2v) is 5.15. The van der Waals surface area contributed by atoms with Crippen molar-refractivity contribution in [2.45, 2.75) is 13.0 Å².